The van der Waals surface area contributed by atoms with Gasteiger partial charge in [-0.1, -0.05) is 60.7 Å². The number of benzene rings is 2. The number of carbonyl (C=O) groups excluding carboxylic acids is 1. The maximum absolute atomic E-state index is 12.4. The lowest BCUT2D eigenvalue weighted by molar-refractivity contribution is -0.156. The standard InChI is InChI=1S/C23H29NO2/c1-23(2,3)26-22(25)14-20-16-24(15-18-10-6-4-7-11-18)17-21(20)19-12-8-5-9-13-19/h4-13,20-21H,14-17H2,1-3H3/t20-,21+/m1/s1. The average molecular weight is 351 g/mol. The first-order valence-corrected chi connectivity index (χ1v) is 9.44. The van der Waals surface area contributed by atoms with E-state index in [1.165, 1.54) is 11.1 Å². The van der Waals surface area contributed by atoms with Crippen molar-refractivity contribution in [3.05, 3.63) is 71.8 Å². The van der Waals surface area contributed by atoms with E-state index in [1.807, 2.05) is 32.9 Å². The molecular weight excluding hydrogens is 322 g/mol. The molecular formula is C23H29NO2. The Labute approximate surface area is 157 Å². The highest BCUT2D eigenvalue weighted by Gasteiger charge is 2.36. The highest BCUT2D eigenvalue weighted by molar-refractivity contribution is 5.70. The second-order valence-electron chi connectivity index (χ2n) is 8.25. The largest absolute Gasteiger partial charge is 0.460 e. The zero-order valence-corrected chi connectivity index (χ0v) is 16.0. The van der Waals surface area contributed by atoms with Gasteiger partial charge in [0.1, 0.15) is 5.60 Å². The lowest BCUT2D eigenvalue weighted by Crippen LogP contribution is -2.27. The molecule has 0 bridgehead atoms. The molecule has 0 spiro atoms. The second kappa shape index (κ2) is 8.05. The van der Waals surface area contributed by atoms with Gasteiger partial charge in [0.2, 0.25) is 0 Å². The minimum Gasteiger partial charge on any atom is -0.460 e. The Morgan fingerprint density at radius 2 is 1.62 bits per heavy atom. The Bertz CT molecular complexity index is 706. The summed E-state index contributed by atoms with van der Waals surface area (Å²) >= 11 is 0. The van der Waals surface area contributed by atoms with E-state index in [2.05, 4.69) is 53.4 Å². The van der Waals surface area contributed by atoms with Gasteiger partial charge in [0.25, 0.3) is 0 Å². The van der Waals surface area contributed by atoms with Crippen LogP contribution in [0.25, 0.3) is 0 Å². The second-order valence-corrected chi connectivity index (χ2v) is 8.25. The van der Waals surface area contributed by atoms with Gasteiger partial charge in [0.05, 0.1) is 6.42 Å². The Hall–Kier alpha value is -2.13. The fourth-order valence-electron chi connectivity index (χ4n) is 3.81. The summed E-state index contributed by atoms with van der Waals surface area (Å²) in [6.45, 7) is 8.61. The summed E-state index contributed by atoms with van der Waals surface area (Å²) in [6, 6.07) is 21.1. The fraction of sp³-hybridized carbons (Fsp3) is 0.435. The van der Waals surface area contributed by atoms with Gasteiger partial charge in [-0.2, -0.15) is 0 Å². The third-order valence-corrected chi connectivity index (χ3v) is 4.84. The van der Waals surface area contributed by atoms with Crippen molar-refractivity contribution in [1.29, 1.82) is 0 Å². The highest BCUT2D eigenvalue weighted by atomic mass is 16.6. The average Bonchev–Trinajstić information content (AvgIpc) is 2.97. The van der Waals surface area contributed by atoms with Gasteiger partial charge in [0, 0.05) is 25.6 Å². The molecule has 0 aliphatic carbocycles. The molecule has 0 saturated carbocycles. The molecule has 138 valence electrons. The van der Waals surface area contributed by atoms with Gasteiger partial charge in [-0.25, -0.2) is 0 Å². The zero-order chi connectivity index (χ0) is 18.6. The van der Waals surface area contributed by atoms with Gasteiger partial charge in [0.15, 0.2) is 0 Å². The molecule has 1 aliphatic rings. The number of ether oxygens (including phenoxy) is 1. The van der Waals surface area contributed by atoms with E-state index in [-0.39, 0.29) is 11.9 Å². The van der Waals surface area contributed by atoms with Crippen molar-refractivity contribution in [1.82, 2.24) is 4.90 Å². The van der Waals surface area contributed by atoms with Gasteiger partial charge in [-0.3, -0.25) is 9.69 Å². The topological polar surface area (TPSA) is 29.5 Å². The third-order valence-electron chi connectivity index (χ3n) is 4.84. The van der Waals surface area contributed by atoms with E-state index in [0.29, 0.717) is 12.3 Å². The van der Waals surface area contributed by atoms with E-state index in [9.17, 15) is 4.79 Å². The van der Waals surface area contributed by atoms with Crippen molar-refractivity contribution >= 4 is 5.97 Å². The van der Waals surface area contributed by atoms with Gasteiger partial charge in [-0.05, 0) is 37.8 Å². The van der Waals surface area contributed by atoms with Crippen molar-refractivity contribution < 1.29 is 9.53 Å². The molecule has 3 heteroatoms. The Balaban J connectivity index is 1.72. The lowest BCUT2D eigenvalue weighted by atomic mass is 9.87. The number of hydrogen-bond donors (Lipinski definition) is 0. The fourth-order valence-corrected chi connectivity index (χ4v) is 3.81. The monoisotopic (exact) mass is 351 g/mol. The summed E-state index contributed by atoms with van der Waals surface area (Å²) in [7, 11) is 0. The molecule has 1 fully saturated rings. The van der Waals surface area contributed by atoms with Crippen LogP contribution in [-0.2, 0) is 16.1 Å². The summed E-state index contributed by atoms with van der Waals surface area (Å²) in [5, 5.41) is 0. The van der Waals surface area contributed by atoms with Crippen molar-refractivity contribution in [2.45, 2.75) is 45.3 Å². The first-order chi connectivity index (χ1) is 12.4. The number of rotatable bonds is 5. The van der Waals surface area contributed by atoms with Crippen molar-refractivity contribution in [2.24, 2.45) is 5.92 Å². The smallest absolute Gasteiger partial charge is 0.306 e. The molecule has 1 aliphatic heterocycles. The van der Waals surface area contributed by atoms with Crippen LogP contribution in [0.15, 0.2) is 60.7 Å². The van der Waals surface area contributed by atoms with Crippen molar-refractivity contribution in [2.75, 3.05) is 13.1 Å². The number of carbonyl (C=O) groups is 1. The van der Waals surface area contributed by atoms with Crippen LogP contribution in [0.5, 0.6) is 0 Å². The van der Waals surface area contributed by atoms with E-state index in [0.717, 1.165) is 19.6 Å². The van der Waals surface area contributed by atoms with Crippen LogP contribution >= 0.6 is 0 Å². The predicted octanol–water partition coefficient (Wildman–Crippen LogP) is 4.63. The first kappa shape index (κ1) is 18.7. The summed E-state index contributed by atoms with van der Waals surface area (Å²) in [5.41, 5.74) is 2.20. The lowest BCUT2D eigenvalue weighted by Gasteiger charge is -2.23. The molecule has 1 heterocycles. The molecule has 3 rings (SSSR count). The quantitative estimate of drug-likeness (QED) is 0.735. The first-order valence-electron chi connectivity index (χ1n) is 9.44. The van der Waals surface area contributed by atoms with Crippen LogP contribution < -0.4 is 0 Å². The van der Waals surface area contributed by atoms with Gasteiger partial charge < -0.3 is 4.74 Å². The van der Waals surface area contributed by atoms with Crippen molar-refractivity contribution in [3.63, 3.8) is 0 Å². The minimum atomic E-state index is -0.429. The molecule has 0 N–H and O–H groups in total. The van der Waals surface area contributed by atoms with E-state index in [4.69, 9.17) is 4.74 Å². The van der Waals surface area contributed by atoms with Crippen molar-refractivity contribution in [3.8, 4) is 0 Å². The number of nitrogens with zero attached hydrogens (tertiary/aromatic N) is 1. The number of hydrogen-bond acceptors (Lipinski definition) is 3. The summed E-state index contributed by atoms with van der Waals surface area (Å²) in [6.07, 6.45) is 0.474. The van der Waals surface area contributed by atoms with Crippen LogP contribution in [0.1, 0.15) is 44.2 Å². The van der Waals surface area contributed by atoms with Crippen LogP contribution in [0.4, 0.5) is 0 Å². The molecule has 0 aromatic heterocycles. The Morgan fingerprint density at radius 1 is 1.00 bits per heavy atom. The molecule has 0 unspecified atom stereocenters. The Kier molecular flexibility index (Phi) is 5.77. The van der Waals surface area contributed by atoms with Gasteiger partial charge in [-0.15, -0.1) is 0 Å². The molecule has 2 aromatic carbocycles. The molecule has 3 nitrogen and oxygen atoms in total. The highest BCUT2D eigenvalue weighted by Crippen LogP contribution is 2.36. The normalized spacial score (nSPS) is 20.9. The molecule has 26 heavy (non-hydrogen) atoms. The predicted molar refractivity (Wildman–Crippen MR) is 105 cm³/mol. The summed E-state index contributed by atoms with van der Waals surface area (Å²) in [4.78, 5) is 14.9. The number of esters is 1. The molecule has 0 amide bonds. The van der Waals surface area contributed by atoms with E-state index >= 15 is 0 Å². The molecule has 2 atom stereocenters. The third kappa shape index (κ3) is 5.18. The molecule has 2 aromatic rings. The Morgan fingerprint density at radius 3 is 2.23 bits per heavy atom. The van der Waals surface area contributed by atoms with E-state index in [1.54, 1.807) is 0 Å². The number of likely N-dealkylation sites (tertiary alicyclic amines) is 1. The maximum Gasteiger partial charge on any atom is 0.306 e. The minimum absolute atomic E-state index is 0.0926. The van der Waals surface area contributed by atoms with Crippen LogP contribution in [0.3, 0.4) is 0 Å². The van der Waals surface area contributed by atoms with Crippen LogP contribution in [0, 0.1) is 5.92 Å². The zero-order valence-electron chi connectivity index (χ0n) is 16.0. The summed E-state index contributed by atoms with van der Waals surface area (Å²) < 4.78 is 5.58. The molecule has 0 radical (unpaired) electrons. The SMILES string of the molecule is CC(C)(C)OC(=O)C[C@@H]1CN(Cc2ccccc2)C[C@H]1c1ccccc1. The van der Waals surface area contributed by atoms with Gasteiger partial charge >= 0.3 is 5.97 Å². The summed E-state index contributed by atoms with van der Waals surface area (Å²) in [5.74, 6) is 0.563. The molecule has 1 saturated heterocycles. The van der Waals surface area contributed by atoms with Crippen LogP contribution in [0.2, 0.25) is 0 Å². The maximum atomic E-state index is 12.4. The van der Waals surface area contributed by atoms with E-state index < -0.39 is 5.60 Å². The van der Waals surface area contributed by atoms with Crippen LogP contribution in [-0.4, -0.2) is 29.6 Å².